The predicted molar refractivity (Wildman–Crippen MR) is 209 cm³/mol. The molecule has 0 unspecified atom stereocenters. The maximum Gasteiger partial charge on any atom is 0.427 e. The van der Waals surface area contributed by atoms with Gasteiger partial charge >= 0.3 is 12.3 Å². The molecule has 3 aromatic rings. The van der Waals surface area contributed by atoms with E-state index in [1.807, 2.05) is 13.0 Å². The van der Waals surface area contributed by atoms with Crippen LogP contribution in [0.4, 0.5) is 18.0 Å². The van der Waals surface area contributed by atoms with Crippen molar-refractivity contribution in [3.05, 3.63) is 47.8 Å². The van der Waals surface area contributed by atoms with E-state index in [9.17, 15) is 40.8 Å². The average Bonchev–Trinajstić information content (AvgIpc) is 3.93. The van der Waals surface area contributed by atoms with Crippen LogP contribution in [0.3, 0.4) is 0 Å². The van der Waals surface area contributed by atoms with Crippen LogP contribution < -0.4 is 20.1 Å². The van der Waals surface area contributed by atoms with Crippen LogP contribution >= 0.6 is 11.6 Å². The lowest BCUT2D eigenvalue weighted by atomic mass is 9.88. The number of imidazole rings is 1. The fourth-order valence-corrected chi connectivity index (χ4v) is 9.38. The highest BCUT2D eigenvalue weighted by molar-refractivity contribution is 7.91. The van der Waals surface area contributed by atoms with E-state index in [1.165, 1.54) is 11.8 Å². The molecular formula is C39H47ClF3N7O8S. The van der Waals surface area contributed by atoms with Gasteiger partial charge in [0, 0.05) is 29.8 Å². The fraction of sp³-hybridized carbons (Fsp3) is 0.590. The van der Waals surface area contributed by atoms with Crippen molar-refractivity contribution in [1.29, 1.82) is 0 Å². The van der Waals surface area contributed by atoms with Crippen LogP contribution in [0.15, 0.2) is 42.7 Å². The molecule has 0 bridgehead atoms. The molecule has 1 saturated heterocycles. The molecule has 4 amide bonds. The molecule has 59 heavy (non-hydrogen) atoms. The summed E-state index contributed by atoms with van der Waals surface area (Å²) in [7, 11) is -4.09. The number of alkyl carbamates (subject to hydrolysis) is 1. The molecule has 7 atom stereocenters. The van der Waals surface area contributed by atoms with E-state index >= 15 is 0 Å². The molecule has 2 saturated carbocycles. The van der Waals surface area contributed by atoms with Gasteiger partial charge in [-0.05, 0) is 89.3 Å². The molecule has 1 aromatic carbocycles. The molecule has 320 valence electrons. The number of allylic oxidation sites excluding steroid dienone is 1. The summed E-state index contributed by atoms with van der Waals surface area (Å²) >= 11 is 6.37. The average molecular weight is 866 g/mol. The Hall–Kier alpha value is -4.65. The molecule has 15 nitrogen and oxygen atoms in total. The number of nitrogens with zero attached hydrogens (tertiary/aromatic N) is 4. The molecule has 3 fully saturated rings. The van der Waals surface area contributed by atoms with Gasteiger partial charge in [-0.2, -0.15) is 18.2 Å². The van der Waals surface area contributed by atoms with Crippen molar-refractivity contribution in [1.82, 2.24) is 34.6 Å². The van der Waals surface area contributed by atoms with Gasteiger partial charge in [-0.25, -0.2) is 18.2 Å². The lowest BCUT2D eigenvalue weighted by molar-refractivity contribution is -0.244. The first kappa shape index (κ1) is 42.5. The van der Waals surface area contributed by atoms with Gasteiger partial charge in [0.1, 0.15) is 23.7 Å². The van der Waals surface area contributed by atoms with Crippen molar-refractivity contribution in [3.8, 4) is 5.88 Å². The minimum atomic E-state index is -4.92. The fourth-order valence-electron chi connectivity index (χ4n) is 7.90. The van der Waals surface area contributed by atoms with Gasteiger partial charge in [0.15, 0.2) is 0 Å². The van der Waals surface area contributed by atoms with Crippen molar-refractivity contribution < 1.29 is 50.2 Å². The Morgan fingerprint density at radius 1 is 1.12 bits per heavy atom. The Balaban J connectivity index is 1.25. The second-order valence-electron chi connectivity index (χ2n) is 17.2. The smallest absolute Gasteiger partial charge is 0.427 e. The summed E-state index contributed by atoms with van der Waals surface area (Å²) in [6.07, 6.45) is 1.72. The molecule has 4 aliphatic rings. The Kier molecular flexibility index (Phi) is 10.9. The zero-order chi connectivity index (χ0) is 42.9. The SMILES string of the molecule is C[C@@H]1CC/C=C\[C@@H]2C[C@@]2(C(=O)NS(=O)(=O)C2(C)CC2)NC(=O)[C@@H]2C[C@@H](Oc3nc4nccn4c4ccc(Cl)cc34)CN2C(=O)[C@@H](NC(=O)OC(C)(C)C(F)(F)F)[C@H](C)C1. The number of fused-ring (bicyclic) bond motifs is 5. The predicted octanol–water partition coefficient (Wildman–Crippen LogP) is 5.21. The van der Waals surface area contributed by atoms with Crippen LogP contribution in [0.1, 0.15) is 79.6 Å². The van der Waals surface area contributed by atoms with Crippen molar-refractivity contribution in [2.75, 3.05) is 6.54 Å². The van der Waals surface area contributed by atoms with Crippen LogP contribution in [0.5, 0.6) is 5.88 Å². The number of hydrogen-bond donors (Lipinski definition) is 3. The number of carbonyl (C=O) groups is 4. The Labute approximate surface area is 343 Å². The summed E-state index contributed by atoms with van der Waals surface area (Å²) in [4.78, 5) is 66.5. The van der Waals surface area contributed by atoms with E-state index in [-0.39, 0.29) is 31.2 Å². The molecule has 2 aliphatic heterocycles. The molecule has 2 aromatic heterocycles. The van der Waals surface area contributed by atoms with Crippen molar-refractivity contribution >= 4 is 62.1 Å². The standard InChI is InChI=1S/C39H47ClF3N7O8S/c1-21-8-6-7-9-23-19-38(23,33(53)48-59(55,56)37(5)12-13-37)47-30(51)28-18-25(57-31-26-17-24(40)10-11-27(26)49-15-14-44-34(49)46-31)20-50(28)32(52)29(22(2)16-21)45-35(54)58-36(3,4)39(41,42)43/h7,9-11,14-15,17,21-23,25,28-29H,6,8,12-13,16,18-20H2,1-5H3,(H,45,54)(H,47,51)(H,48,53)/b9-7-/t21-,22-,23-,25-,28+,29+,38-/m1/s1. The topological polar surface area (TPSA) is 190 Å². The van der Waals surface area contributed by atoms with Crippen LogP contribution in [-0.2, 0) is 29.1 Å². The van der Waals surface area contributed by atoms with E-state index in [0.717, 1.165) is 0 Å². The number of rotatable bonds is 7. The van der Waals surface area contributed by atoms with Gasteiger partial charge in [-0.3, -0.25) is 23.5 Å². The second-order valence-corrected chi connectivity index (χ2v) is 19.8. The van der Waals surface area contributed by atoms with Gasteiger partial charge in [-0.15, -0.1) is 0 Å². The van der Waals surface area contributed by atoms with Crippen LogP contribution in [-0.4, -0.2) is 98.3 Å². The molecule has 7 rings (SSSR count). The molecule has 4 heterocycles. The summed E-state index contributed by atoms with van der Waals surface area (Å²) in [6.45, 7) is 6.26. The zero-order valence-electron chi connectivity index (χ0n) is 33.1. The number of amides is 4. The normalized spacial score (nSPS) is 29.3. The molecule has 20 heteroatoms. The summed E-state index contributed by atoms with van der Waals surface area (Å²) < 4.78 is 81.8. The highest BCUT2D eigenvalue weighted by Crippen LogP contribution is 2.48. The highest BCUT2D eigenvalue weighted by Gasteiger charge is 2.63. The van der Waals surface area contributed by atoms with Gasteiger partial charge in [0.05, 0.1) is 22.2 Å². The van der Waals surface area contributed by atoms with Gasteiger partial charge in [-0.1, -0.05) is 37.6 Å². The maximum absolute atomic E-state index is 14.8. The van der Waals surface area contributed by atoms with E-state index < -0.39 is 85.9 Å². The van der Waals surface area contributed by atoms with E-state index in [2.05, 4.69) is 25.3 Å². The van der Waals surface area contributed by atoms with E-state index in [1.54, 1.807) is 48.0 Å². The zero-order valence-corrected chi connectivity index (χ0v) is 34.7. The lowest BCUT2D eigenvalue weighted by Crippen LogP contribution is -2.59. The number of sulfonamides is 1. The maximum atomic E-state index is 14.8. The Bertz CT molecular complexity index is 2330. The minimum Gasteiger partial charge on any atom is -0.472 e. The first-order valence-electron chi connectivity index (χ1n) is 19.6. The number of halogens is 4. The monoisotopic (exact) mass is 865 g/mol. The number of alkyl halides is 3. The molecular weight excluding hydrogens is 819 g/mol. The molecule has 2 aliphatic carbocycles. The van der Waals surface area contributed by atoms with Gasteiger partial charge in [0.25, 0.3) is 5.91 Å². The van der Waals surface area contributed by atoms with E-state index in [4.69, 9.17) is 21.1 Å². The minimum absolute atomic E-state index is 0.0508. The van der Waals surface area contributed by atoms with Crippen LogP contribution in [0, 0.1) is 17.8 Å². The summed E-state index contributed by atoms with van der Waals surface area (Å²) in [5.74, 6) is -3.39. The summed E-state index contributed by atoms with van der Waals surface area (Å²) in [6, 6.07) is 2.26. The molecule has 0 radical (unpaired) electrons. The van der Waals surface area contributed by atoms with Crippen LogP contribution in [0.2, 0.25) is 5.02 Å². The Morgan fingerprint density at radius 2 is 1.85 bits per heavy atom. The van der Waals surface area contributed by atoms with Crippen molar-refractivity contribution in [3.63, 3.8) is 0 Å². The number of nitrogens with one attached hydrogen (secondary N) is 3. The number of carbonyl (C=O) groups excluding carboxylic acids is 4. The third kappa shape index (κ3) is 8.28. The second kappa shape index (κ2) is 15.1. The third-order valence-electron chi connectivity index (χ3n) is 12.1. The van der Waals surface area contributed by atoms with Crippen molar-refractivity contribution in [2.45, 2.75) is 120 Å². The van der Waals surface area contributed by atoms with Crippen molar-refractivity contribution in [2.24, 2.45) is 17.8 Å². The third-order valence-corrected chi connectivity index (χ3v) is 14.5. The van der Waals surface area contributed by atoms with Gasteiger partial charge < -0.3 is 25.0 Å². The number of aromatic nitrogens is 3. The van der Waals surface area contributed by atoms with Gasteiger partial charge in [0.2, 0.25) is 39.1 Å². The van der Waals surface area contributed by atoms with E-state index in [0.29, 0.717) is 67.7 Å². The summed E-state index contributed by atoms with van der Waals surface area (Å²) in [5, 5.41) is 6.04. The molecule has 0 spiro atoms. The highest BCUT2D eigenvalue weighted by atomic mass is 35.5. The largest absolute Gasteiger partial charge is 0.472 e. The number of benzene rings is 1. The molecule has 3 N–H and O–H groups in total. The lowest BCUT2D eigenvalue weighted by Gasteiger charge is -2.34. The first-order valence-corrected chi connectivity index (χ1v) is 21.4. The number of ether oxygens (including phenoxy) is 2. The van der Waals surface area contributed by atoms with Crippen LogP contribution in [0.25, 0.3) is 16.7 Å². The first-order chi connectivity index (χ1) is 27.5. The Morgan fingerprint density at radius 3 is 2.54 bits per heavy atom. The summed E-state index contributed by atoms with van der Waals surface area (Å²) in [5.41, 5.74) is -3.91. The number of hydrogen-bond acceptors (Lipinski definition) is 10. The quantitative estimate of drug-likeness (QED) is 0.266.